The summed E-state index contributed by atoms with van der Waals surface area (Å²) in [7, 11) is 0. The molecule has 2 aliphatic rings. The number of likely N-dealkylation sites (tertiary alicyclic amines) is 1. The van der Waals surface area contributed by atoms with E-state index in [1.54, 1.807) is 6.20 Å². The number of halogens is 1. The van der Waals surface area contributed by atoms with Gasteiger partial charge in [0, 0.05) is 31.9 Å². The Kier molecular flexibility index (Phi) is 6.79. The second-order valence-corrected chi connectivity index (χ2v) is 9.28. The summed E-state index contributed by atoms with van der Waals surface area (Å²) in [5.41, 5.74) is 1.68. The van der Waals surface area contributed by atoms with Gasteiger partial charge in [0.2, 0.25) is 11.8 Å². The first-order valence-corrected chi connectivity index (χ1v) is 12.0. The number of piperidine rings is 1. The minimum absolute atomic E-state index is 0.00433. The number of hydrogen-bond donors (Lipinski definition) is 2. The Morgan fingerprint density at radius 2 is 2.03 bits per heavy atom. The van der Waals surface area contributed by atoms with Crippen LogP contribution < -0.4 is 15.4 Å². The first-order chi connectivity index (χ1) is 17.4. The van der Waals surface area contributed by atoms with E-state index in [2.05, 4.69) is 25.7 Å². The van der Waals surface area contributed by atoms with Crippen molar-refractivity contribution in [2.45, 2.75) is 44.9 Å². The number of nitrogens with zero attached hydrogens (tertiary/aromatic N) is 5. The van der Waals surface area contributed by atoms with Crippen LogP contribution in [0.5, 0.6) is 5.75 Å². The molecule has 1 aliphatic carbocycles. The monoisotopic (exact) mass is 493 g/mol. The molecule has 2 N–H and O–H groups in total. The molecule has 1 aliphatic heterocycles. The molecular weight excluding hydrogens is 465 g/mol. The van der Waals surface area contributed by atoms with Crippen molar-refractivity contribution in [1.82, 2.24) is 24.6 Å². The summed E-state index contributed by atoms with van der Waals surface area (Å²) in [6.07, 6.45) is 5.67. The third-order valence-electron chi connectivity index (χ3n) is 6.55. The van der Waals surface area contributed by atoms with E-state index in [4.69, 9.17) is 4.74 Å². The zero-order chi connectivity index (χ0) is 25.1. The standard InChI is InChI=1S/C25H28FN7O3/c1-16-2-4-19(5-3-16)36-21-11-17-10-20(21)33(13-17)24(35)15-32-14-18(12-29-32)30-23(34)7-9-27-22-6-8-28-25(26)31-22/h2-6,8,12,14,17,20-21H,7,9-11,13,15H2,1H3,(H,30,34)(H,27,28,31). The maximum absolute atomic E-state index is 13.1. The summed E-state index contributed by atoms with van der Waals surface area (Å²) < 4.78 is 20.8. The number of nitrogens with one attached hydrogen (secondary N) is 2. The summed E-state index contributed by atoms with van der Waals surface area (Å²) >= 11 is 0. The number of hydrogen-bond acceptors (Lipinski definition) is 7. The molecule has 3 heterocycles. The van der Waals surface area contributed by atoms with Crippen LogP contribution in [0.15, 0.2) is 48.9 Å². The number of benzene rings is 1. The molecule has 1 aromatic carbocycles. The summed E-state index contributed by atoms with van der Waals surface area (Å²) in [5, 5.41) is 9.84. The van der Waals surface area contributed by atoms with E-state index in [0.717, 1.165) is 25.1 Å². The van der Waals surface area contributed by atoms with Crippen LogP contribution >= 0.6 is 0 Å². The Hall–Kier alpha value is -4.02. The van der Waals surface area contributed by atoms with Crippen LogP contribution in [-0.4, -0.2) is 61.7 Å². The van der Waals surface area contributed by atoms with Gasteiger partial charge in [0.15, 0.2) is 0 Å². The highest BCUT2D eigenvalue weighted by Gasteiger charge is 2.48. The fourth-order valence-electron chi connectivity index (χ4n) is 4.88. The molecular formula is C25H28FN7O3. The molecule has 3 aromatic rings. The maximum atomic E-state index is 13.1. The van der Waals surface area contributed by atoms with Gasteiger partial charge in [-0.3, -0.25) is 14.3 Å². The van der Waals surface area contributed by atoms with Crippen molar-refractivity contribution in [1.29, 1.82) is 0 Å². The number of aromatic nitrogens is 4. The second-order valence-electron chi connectivity index (χ2n) is 9.28. The van der Waals surface area contributed by atoms with E-state index in [1.165, 1.54) is 28.7 Å². The van der Waals surface area contributed by atoms with Gasteiger partial charge in [-0.05, 0) is 43.9 Å². The first-order valence-electron chi connectivity index (χ1n) is 12.0. The Labute approximate surface area is 207 Å². The molecule has 1 saturated heterocycles. The Balaban J connectivity index is 1.09. The molecule has 10 nitrogen and oxygen atoms in total. The number of carbonyl (C=O) groups excluding carboxylic acids is 2. The summed E-state index contributed by atoms with van der Waals surface area (Å²) in [6, 6.07) is 9.57. The normalized spacial score (nSPS) is 20.4. The number of carbonyl (C=O) groups is 2. The fraction of sp³-hybridized carbons (Fsp3) is 0.400. The number of aryl methyl sites for hydroxylation is 1. The fourth-order valence-corrected chi connectivity index (χ4v) is 4.88. The SMILES string of the molecule is Cc1ccc(OC2CC3CC2N(C(=O)Cn2cc(NC(=O)CCNc4ccnc(F)n4)cn2)C3)cc1. The number of amides is 2. The average molecular weight is 494 g/mol. The second kappa shape index (κ2) is 10.3. The van der Waals surface area contributed by atoms with E-state index in [0.29, 0.717) is 17.4 Å². The van der Waals surface area contributed by atoms with Crippen molar-refractivity contribution >= 4 is 23.3 Å². The topological polar surface area (TPSA) is 114 Å². The van der Waals surface area contributed by atoms with Crippen molar-refractivity contribution in [2.24, 2.45) is 5.92 Å². The minimum atomic E-state index is -0.831. The molecule has 5 rings (SSSR count). The number of ether oxygens (including phenoxy) is 1. The van der Waals surface area contributed by atoms with Crippen LogP contribution in [-0.2, 0) is 16.1 Å². The molecule has 2 amide bonds. The molecule has 2 bridgehead atoms. The van der Waals surface area contributed by atoms with Crippen LogP contribution in [0.4, 0.5) is 15.9 Å². The largest absolute Gasteiger partial charge is 0.488 e. The van der Waals surface area contributed by atoms with E-state index < -0.39 is 6.08 Å². The van der Waals surface area contributed by atoms with E-state index in [9.17, 15) is 14.0 Å². The molecule has 3 atom stereocenters. The third-order valence-corrected chi connectivity index (χ3v) is 6.55. The average Bonchev–Trinajstić information content (AvgIpc) is 3.57. The molecule has 1 saturated carbocycles. The number of fused-ring (bicyclic) bond motifs is 2. The van der Waals surface area contributed by atoms with Crippen LogP contribution in [0, 0.1) is 18.9 Å². The number of anilines is 2. The van der Waals surface area contributed by atoms with Crippen LogP contribution in [0.25, 0.3) is 0 Å². The molecule has 2 fully saturated rings. The van der Waals surface area contributed by atoms with Crippen molar-refractivity contribution in [3.63, 3.8) is 0 Å². The van der Waals surface area contributed by atoms with Gasteiger partial charge in [-0.25, -0.2) is 4.98 Å². The highest BCUT2D eigenvalue weighted by Crippen LogP contribution is 2.40. The maximum Gasteiger partial charge on any atom is 0.310 e. The lowest BCUT2D eigenvalue weighted by Gasteiger charge is -2.33. The van der Waals surface area contributed by atoms with Crippen molar-refractivity contribution in [3.8, 4) is 5.75 Å². The van der Waals surface area contributed by atoms with E-state index >= 15 is 0 Å². The summed E-state index contributed by atoms with van der Waals surface area (Å²) in [4.78, 5) is 34.1. The van der Waals surface area contributed by atoms with Gasteiger partial charge in [0.05, 0.1) is 17.9 Å². The smallest absolute Gasteiger partial charge is 0.310 e. The molecule has 3 unspecified atom stereocenters. The lowest BCUT2D eigenvalue weighted by atomic mass is 10.1. The highest BCUT2D eigenvalue weighted by atomic mass is 19.1. The van der Waals surface area contributed by atoms with Crippen LogP contribution in [0.2, 0.25) is 0 Å². The first kappa shape index (κ1) is 23.7. The predicted octanol–water partition coefficient (Wildman–Crippen LogP) is 2.63. The molecule has 2 aromatic heterocycles. The minimum Gasteiger partial charge on any atom is -0.488 e. The zero-order valence-corrected chi connectivity index (χ0v) is 19.9. The third kappa shape index (κ3) is 5.61. The molecule has 0 radical (unpaired) electrons. The van der Waals surface area contributed by atoms with Gasteiger partial charge in [0.25, 0.3) is 0 Å². The molecule has 188 valence electrons. The van der Waals surface area contributed by atoms with Crippen LogP contribution in [0.3, 0.4) is 0 Å². The van der Waals surface area contributed by atoms with E-state index in [1.807, 2.05) is 36.1 Å². The van der Waals surface area contributed by atoms with Gasteiger partial charge in [-0.1, -0.05) is 17.7 Å². The quantitative estimate of drug-likeness (QED) is 0.441. The van der Waals surface area contributed by atoms with Gasteiger partial charge in [-0.2, -0.15) is 14.5 Å². The summed E-state index contributed by atoms with van der Waals surface area (Å²) in [5.74, 6) is 1.34. The molecule has 0 spiro atoms. The number of rotatable bonds is 9. The summed E-state index contributed by atoms with van der Waals surface area (Å²) in [6.45, 7) is 3.15. The lowest BCUT2D eigenvalue weighted by molar-refractivity contribution is -0.135. The highest BCUT2D eigenvalue weighted by molar-refractivity contribution is 5.90. The Morgan fingerprint density at radius 1 is 1.19 bits per heavy atom. The van der Waals surface area contributed by atoms with Gasteiger partial charge >= 0.3 is 6.08 Å². The lowest BCUT2D eigenvalue weighted by Crippen LogP contribution is -2.48. The van der Waals surface area contributed by atoms with Crippen molar-refractivity contribution in [3.05, 3.63) is 60.6 Å². The van der Waals surface area contributed by atoms with Crippen molar-refractivity contribution in [2.75, 3.05) is 23.7 Å². The Morgan fingerprint density at radius 3 is 2.81 bits per heavy atom. The van der Waals surface area contributed by atoms with Gasteiger partial charge < -0.3 is 20.3 Å². The molecule has 36 heavy (non-hydrogen) atoms. The Bertz CT molecular complexity index is 1230. The van der Waals surface area contributed by atoms with Gasteiger partial charge in [-0.15, -0.1) is 0 Å². The predicted molar refractivity (Wildman–Crippen MR) is 130 cm³/mol. The van der Waals surface area contributed by atoms with E-state index in [-0.39, 0.29) is 43.5 Å². The van der Waals surface area contributed by atoms with Crippen molar-refractivity contribution < 1.29 is 18.7 Å². The van der Waals surface area contributed by atoms with Crippen LogP contribution in [0.1, 0.15) is 24.8 Å². The zero-order valence-electron chi connectivity index (χ0n) is 19.9. The van der Waals surface area contributed by atoms with Gasteiger partial charge in [0.1, 0.15) is 24.2 Å². The molecule has 11 heteroatoms.